The number of aliphatic carboxylic acids is 1. The summed E-state index contributed by atoms with van der Waals surface area (Å²) in [6.07, 6.45) is 1.22. The number of hydrogen-bond donors (Lipinski definition) is 2. The fraction of sp³-hybridized carbons (Fsp3) is 0.857. The minimum absolute atomic E-state index is 0.0498. The number of carboxylic acid groups (broad SMARTS) is 1. The van der Waals surface area contributed by atoms with Gasteiger partial charge in [0.1, 0.15) is 0 Å². The molecule has 10 heavy (non-hydrogen) atoms. The lowest BCUT2D eigenvalue weighted by molar-refractivity contribution is -0.138. The average Bonchev–Trinajstić information content (AvgIpc) is 2.42. The third-order valence-electron chi connectivity index (χ3n) is 2.51. The van der Waals surface area contributed by atoms with E-state index in [0.717, 1.165) is 6.42 Å². The molecule has 0 aromatic rings. The summed E-state index contributed by atoms with van der Waals surface area (Å²) < 4.78 is 0. The standard InChI is InChI=1S/C7H13NO2/c1-5-2-7(5,4-8)3-6(9)10/h5H,2-4,8H2,1H3,(H,9,10). The Bertz CT molecular complexity index is 154. The van der Waals surface area contributed by atoms with E-state index in [2.05, 4.69) is 6.92 Å². The third-order valence-corrected chi connectivity index (χ3v) is 2.51. The van der Waals surface area contributed by atoms with Gasteiger partial charge in [-0.15, -0.1) is 0 Å². The summed E-state index contributed by atoms with van der Waals surface area (Å²) in [5, 5.41) is 8.48. The first-order valence-electron chi connectivity index (χ1n) is 3.52. The molecule has 0 aliphatic heterocycles. The molecule has 1 aliphatic rings. The van der Waals surface area contributed by atoms with Gasteiger partial charge in [0.25, 0.3) is 0 Å². The Hall–Kier alpha value is -0.570. The van der Waals surface area contributed by atoms with Gasteiger partial charge in [-0.05, 0) is 24.3 Å². The monoisotopic (exact) mass is 143 g/mol. The van der Waals surface area contributed by atoms with Gasteiger partial charge in [0, 0.05) is 0 Å². The average molecular weight is 143 g/mol. The van der Waals surface area contributed by atoms with Crippen molar-refractivity contribution in [1.29, 1.82) is 0 Å². The van der Waals surface area contributed by atoms with Crippen LogP contribution in [0.25, 0.3) is 0 Å². The highest BCUT2D eigenvalue weighted by atomic mass is 16.4. The Morgan fingerprint density at radius 2 is 2.40 bits per heavy atom. The van der Waals surface area contributed by atoms with Crippen LogP contribution in [-0.2, 0) is 4.79 Å². The van der Waals surface area contributed by atoms with Gasteiger partial charge in [-0.1, -0.05) is 6.92 Å². The van der Waals surface area contributed by atoms with Crippen LogP contribution in [0.2, 0.25) is 0 Å². The van der Waals surface area contributed by atoms with Gasteiger partial charge in [0.05, 0.1) is 6.42 Å². The lowest BCUT2D eigenvalue weighted by Crippen LogP contribution is -2.20. The van der Waals surface area contributed by atoms with Crippen LogP contribution in [0.3, 0.4) is 0 Å². The molecule has 0 bridgehead atoms. The van der Waals surface area contributed by atoms with Crippen molar-refractivity contribution in [2.45, 2.75) is 19.8 Å². The van der Waals surface area contributed by atoms with Gasteiger partial charge in [0.15, 0.2) is 0 Å². The van der Waals surface area contributed by atoms with Crippen molar-refractivity contribution >= 4 is 5.97 Å². The molecule has 1 saturated carbocycles. The SMILES string of the molecule is CC1CC1(CN)CC(=O)O. The third kappa shape index (κ3) is 1.14. The Kier molecular flexibility index (Phi) is 1.68. The van der Waals surface area contributed by atoms with Gasteiger partial charge in [-0.3, -0.25) is 4.79 Å². The molecule has 3 N–H and O–H groups in total. The van der Waals surface area contributed by atoms with E-state index in [1.165, 1.54) is 0 Å². The molecule has 0 aromatic carbocycles. The molecule has 0 aromatic heterocycles. The predicted molar refractivity (Wildman–Crippen MR) is 37.5 cm³/mol. The van der Waals surface area contributed by atoms with E-state index in [-0.39, 0.29) is 11.8 Å². The zero-order valence-electron chi connectivity index (χ0n) is 6.13. The normalized spacial score (nSPS) is 37.6. The van der Waals surface area contributed by atoms with Crippen molar-refractivity contribution in [3.8, 4) is 0 Å². The number of nitrogens with two attached hydrogens (primary N) is 1. The molecule has 0 spiro atoms. The summed E-state index contributed by atoms with van der Waals surface area (Å²) in [6, 6.07) is 0. The molecule has 3 heteroatoms. The van der Waals surface area contributed by atoms with Crippen molar-refractivity contribution < 1.29 is 9.90 Å². The minimum Gasteiger partial charge on any atom is -0.481 e. The summed E-state index contributed by atoms with van der Waals surface area (Å²) >= 11 is 0. The maximum atomic E-state index is 10.3. The van der Waals surface area contributed by atoms with Crippen LogP contribution in [0.1, 0.15) is 19.8 Å². The summed E-state index contributed by atoms with van der Waals surface area (Å²) in [6.45, 7) is 2.57. The van der Waals surface area contributed by atoms with Crippen molar-refractivity contribution in [3.63, 3.8) is 0 Å². The molecular weight excluding hydrogens is 130 g/mol. The Labute approximate surface area is 60.2 Å². The fourth-order valence-electron chi connectivity index (χ4n) is 1.46. The molecule has 0 saturated heterocycles. The van der Waals surface area contributed by atoms with Gasteiger partial charge >= 0.3 is 5.97 Å². The summed E-state index contributed by atoms with van der Waals surface area (Å²) in [4.78, 5) is 10.3. The first kappa shape index (κ1) is 7.54. The molecular formula is C7H13NO2. The minimum atomic E-state index is -0.727. The first-order chi connectivity index (χ1) is 4.60. The first-order valence-corrected chi connectivity index (χ1v) is 3.52. The van der Waals surface area contributed by atoms with Crippen LogP contribution in [0, 0.1) is 11.3 Å². The van der Waals surface area contributed by atoms with Crippen molar-refractivity contribution in [2.75, 3.05) is 6.54 Å². The van der Waals surface area contributed by atoms with E-state index in [1.807, 2.05) is 0 Å². The van der Waals surface area contributed by atoms with Gasteiger partial charge < -0.3 is 10.8 Å². The molecule has 58 valence electrons. The second-order valence-corrected chi connectivity index (χ2v) is 3.24. The number of carboxylic acids is 1. The van der Waals surface area contributed by atoms with Crippen LogP contribution in [0.15, 0.2) is 0 Å². The highest BCUT2D eigenvalue weighted by molar-refractivity contribution is 5.68. The lowest BCUT2D eigenvalue weighted by Gasteiger charge is -2.08. The molecule has 0 heterocycles. The lowest BCUT2D eigenvalue weighted by atomic mass is 10.0. The second kappa shape index (κ2) is 2.23. The van der Waals surface area contributed by atoms with E-state index in [9.17, 15) is 4.79 Å². The number of carbonyl (C=O) groups is 1. The predicted octanol–water partition coefficient (Wildman–Crippen LogP) is 0.446. The molecule has 2 unspecified atom stereocenters. The molecule has 2 atom stereocenters. The quantitative estimate of drug-likeness (QED) is 0.602. The van der Waals surface area contributed by atoms with Crippen molar-refractivity contribution in [2.24, 2.45) is 17.1 Å². The molecule has 1 aliphatic carbocycles. The second-order valence-electron chi connectivity index (χ2n) is 3.24. The summed E-state index contributed by atoms with van der Waals surface area (Å²) in [5.41, 5.74) is 5.39. The summed E-state index contributed by atoms with van der Waals surface area (Å²) in [5.74, 6) is -0.219. The van der Waals surface area contributed by atoms with E-state index >= 15 is 0 Å². The smallest absolute Gasteiger partial charge is 0.303 e. The van der Waals surface area contributed by atoms with E-state index in [1.54, 1.807) is 0 Å². The Morgan fingerprint density at radius 1 is 1.90 bits per heavy atom. The van der Waals surface area contributed by atoms with Crippen molar-refractivity contribution in [3.05, 3.63) is 0 Å². The Balaban J connectivity index is 2.45. The molecule has 1 fully saturated rings. The fourth-order valence-corrected chi connectivity index (χ4v) is 1.46. The largest absolute Gasteiger partial charge is 0.481 e. The van der Waals surface area contributed by atoms with Crippen LogP contribution in [0.4, 0.5) is 0 Å². The van der Waals surface area contributed by atoms with E-state index < -0.39 is 5.97 Å². The van der Waals surface area contributed by atoms with Crippen LogP contribution in [0.5, 0.6) is 0 Å². The maximum Gasteiger partial charge on any atom is 0.303 e. The van der Waals surface area contributed by atoms with Crippen LogP contribution >= 0.6 is 0 Å². The Morgan fingerprint density at radius 3 is 2.50 bits per heavy atom. The van der Waals surface area contributed by atoms with Crippen LogP contribution in [-0.4, -0.2) is 17.6 Å². The molecule has 0 radical (unpaired) electrons. The number of rotatable bonds is 3. The molecule has 0 amide bonds. The number of hydrogen-bond acceptors (Lipinski definition) is 2. The highest BCUT2D eigenvalue weighted by Gasteiger charge is 2.50. The van der Waals surface area contributed by atoms with E-state index in [4.69, 9.17) is 10.8 Å². The van der Waals surface area contributed by atoms with Gasteiger partial charge in [-0.2, -0.15) is 0 Å². The zero-order valence-corrected chi connectivity index (χ0v) is 6.13. The zero-order chi connectivity index (χ0) is 7.78. The van der Waals surface area contributed by atoms with Gasteiger partial charge in [-0.25, -0.2) is 0 Å². The topological polar surface area (TPSA) is 63.3 Å². The van der Waals surface area contributed by atoms with Gasteiger partial charge in [0.2, 0.25) is 0 Å². The molecule has 3 nitrogen and oxygen atoms in total. The van der Waals surface area contributed by atoms with Crippen molar-refractivity contribution in [1.82, 2.24) is 0 Å². The maximum absolute atomic E-state index is 10.3. The molecule has 1 rings (SSSR count). The summed E-state index contributed by atoms with van der Waals surface area (Å²) in [7, 11) is 0. The highest BCUT2D eigenvalue weighted by Crippen LogP contribution is 2.53. The van der Waals surface area contributed by atoms with E-state index in [0.29, 0.717) is 12.5 Å². The van der Waals surface area contributed by atoms with Crippen LogP contribution < -0.4 is 5.73 Å².